The second kappa shape index (κ2) is 5.86. The van der Waals surface area contributed by atoms with Gasteiger partial charge < -0.3 is 9.64 Å². The third-order valence-corrected chi connectivity index (χ3v) is 3.22. The first-order valence-electron chi connectivity index (χ1n) is 5.77. The fraction of sp³-hybridized carbons (Fsp3) is 0.333. The molecule has 1 aliphatic rings. The van der Waals surface area contributed by atoms with Crippen LogP contribution in [0.25, 0.3) is 0 Å². The van der Waals surface area contributed by atoms with E-state index in [2.05, 4.69) is 0 Å². The van der Waals surface area contributed by atoms with Crippen molar-refractivity contribution in [1.82, 2.24) is 4.90 Å². The van der Waals surface area contributed by atoms with Crippen LogP contribution in [-0.2, 0) is 4.74 Å². The largest absolute Gasteiger partial charge is 0.360 e. The number of hydrogen-bond acceptors (Lipinski definition) is 5. The molecule has 7 nitrogen and oxygen atoms in total. The number of nitro benzene ring substituents is 1. The Labute approximate surface area is 119 Å². The highest BCUT2D eigenvalue weighted by molar-refractivity contribution is 6.33. The van der Waals surface area contributed by atoms with Gasteiger partial charge in [-0.25, -0.2) is 0 Å². The van der Waals surface area contributed by atoms with Gasteiger partial charge in [0.2, 0.25) is 0 Å². The minimum atomic E-state index is -0.690. The maximum atomic E-state index is 12.3. The van der Waals surface area contributed by atoms with Crippen LogP contribution in [0, 0.1) is 21.4 Å². The van der Waals surface area contributed by atoms with E-state index in [0.717, 1.165) is 6.07 Å². The predicted octanol–water partition coefficient (Wildman–Crippen LogP) is 1.61. The number of nitrogens with zero attached hydrogens (tertiary/aromatic N) is 3. The van der Waals surface area contributed by atoms with Crippen molar-refractivity contribution < 1.29 is 14.5 Å². The normalized spacial score (nSPS) is 18.4. The van der Waals surface area contributed by atoms with Crippen LogP contribution in [0.4, 0.5) is 5.69 Å². The van der Waals surface area contributed by atoms with E-state index in [4.69, 9.17) is 21.6 Å². The predicted molar refractivity (Wildman–Crippen MR) is 69.4 cm³/mol. The number of nitriles is 1. The Kier molecular flexibility index (Phi) is 4.17. The first-order chi connectivity index (χ1) is 9.52. The van der Waals surface area contributed by atoms with E-state index >= 15 is 0 Å². The summed E-state index contributed by atoms with van der Waals surface area (Å²) in [5.41, 5.74) is -0.151. The maximum Gasteiger partial charge on any atom is 0.270 e. The summed E-state index contributed by atoms with van der Waals surface area (Å²) in [6, 6.07) is 5.61. The molecule has 0 aliphatic carbocycles. The second-order valence-corrected chi connectivity index (χ2v) is 4.57. The Morgan fingerprint density at radius 3 is 3.00 bits per heavy atom. The second-order valence-electron chi connectivity index (χ2n) is 4.16. The topological polar surface area (TPSA) is 96.5 Å². The van der Waals surface area contributed by atoms with E-state index in [-0.39, 0.29) is 29.4 Å². The van der Waals surface area contributed by atoms with Gasteiger partial charge in [0.1, 0.15) is 0 Å². The smallest absolute Gasteiger partial charge is 0.270 e. The van der Waals surface area contributed by atoms with Crippen LogP contribution in [0.2, 0.25) is 5.02 Å². The highest BCUT2D eigenvalue weighted by Gasteiger charge is 2.27. The van der Waals surface area contributed by atoms with Crippen molar-refractivity contribution in [3.63, 3.8) is 0 Å². The fourth-order valence-electron chi connectivity index (χ4n) is 1.87. The van der Waals surface area contributed by atoms with Gasteiger partial charge >= 0.3 is 0 Å². The number of amides is 1. The van der Waals surface area contributed by atoms with E-state index in [0.29, 0.717) is 6.54 Å². The number of morpholine rings is 1. The summed E-state index contributed by atoms with van der Waals surface area (Å²) in [6.45, 7) is 0.681. The maximum absolute atomic E-state index is 12.3. The zero-order valence-corrected chi connectivity index (χ0v) is 11.0. The Balaban J connectivity index is 2.26. The molecule has 1 amide bonds. The van der Waals surface area contributed by atoms with Crippen molar-refractivity contribution in [2.24, 2.45) is 0 Å². The molecule has 0 saturated carbocycles. The first kappa shape index (κ1) is 14.2. The van der Waals surface area contributed by atoms with E-state index in [1.54, 1.807) is 0 Å². The molecule has 2 rings (SSSR count). The Bertz CT molecular complexity index is 599. The molecule has 1 aromatic rings. The SMILES string of the molecule is N#C[C@H]1CN(C(=O)c2cc([N+](=O)[O-])ccc2Cl)CCO1. The van der Waals surface area contributed by atoms with E-state index in [1.807, 2.05) is 6.07 Å². The number of non-ortho nitro benzene ring substituents is 1. The van der Waals surface area contributed by atoms with Gasteiger partial charge in [0.15, 0.2) is 6.10 Å². The van der Waals surface area contributed by atoms with Gasteiger partial charge in [0.05, 0.1) is 34.7 Å². The molecule has 0 radical (unpaired) electrons. The molecule has 1 aliphatic heterocycles. The Hall–Kier alpha value is -2.17. The van der Waals surface area contributed by atoms with Crippen LogP contribution in [-0.4, -0.2) is 41.5 Å². The molecule has 20 heavy (non-hydrogen) atoms. The molecule has 0 aromatic heterocycles. The Morgan fingerprint density at radius 2 is 2.35 bits per heavy atom. The summed E-state index contributed by atoms with van der Waals surface area (Å²) in [5.74, 6) is -0.442. The highest BCUT2D eigenvalue weighted by Crippen LogP contribution is 2.24. The average molecular weight is 296 g/mol. The lowest BCUT2D eigenvalue weighted by molar-refractivity contribution is -0.384. The van der Waals surface area contributed by atoms with Crippen LogP contribution in [0.1, 0.15) is 10.4 Å². The van der Waals surface area contributed by atoms with Crippen molar-refractivity contribution in [3.05, 3.63) is 38.9 Å². The summed E-state index contributed by atoms with van der Waals surface area (Å²) in [5, 5.41) is 19.7. The van der Waals surface area contributed by atoms with Gasteiger partial charge in [-0.15, -0.1) is 0 Å². The molecule has 1 aromatic carbocycles. The number of halogens is 1. The zero-order chi connectivity index (χ0) is 14.7. The van der Waals surface area contributed by atoms with Gasteiger partial charge in [-0.2, -0.15) is 5.26 Å². The minimum absolute atomic E-state index is 0.0551. The molecule has 0 spiro atoms. The lowest BCUT2D eigenvalue weighted by atomic mass is 10.1. The summed E-state index contributed by atoms with van der Waals surface area (Å²) < 4.78 is 5.14. The molecule has 1 atom stereocenters. The molecule has 1 fully saturated rings. The molecule has 1 heterocycles. The van der Waals surface area contributed by atoms with Crippen molar-refractivity contribution in [2.75, 3.05) is 19.7 Å². The number of carbonyl (C=O) groups excluding carboxylic acids is 1. The van der Waals surface area contributed by atoms with E-state index < -0.39 is 16.9 Å². The molecular formula is C12H10ClN3O4. The van der Waals surface area contributed by atoms with Crippen molar-refractivity contribution in [1.29, 1.82) is 5.26 Å². The van der Waals surface area contributed by atoms with Gasteiger partial charge in [0, 0.05) is 18.7 Å². The molecule has 0 unspecified atom stereocenters. The number of rotatable bonds is 2. The van der Waals surface area contributed by atoms with Crippen molar-refractivity contribution in [2.45, 2.75) is 6.10 Å². The van der Waals surface area contributed by atoms with Crippen LogP contribution in [0.3, 0.4) is 0 Å². The monoisotopic (exact) mass is 295 g/mol. The third-order valence-electron chi connectivity index (χ3n) is 2.89. The molecule has 0 N–H and O–H groups in total. The number of carbonyl (C=O) groups is 1. The standard InChI is InChI=1S/C12H10ClN3O4/c13-11-2-1-8(16(18)19)5-10(11)12(17)15-3-4-20-9(6-14)7-15/h1-2,5,9H,3-4,7H2/t9-/m0/s1. The van der Waals surface area contributed by atoms with Gasteiger partial charge in [-0.1, -0.05) is 11.6 Å². The fourth-order valence-corrected chi connectivity index (χ4v) is 2.07. The molecule has 8 heteroatoms. The summed E-state index contributed by atoms with van der Waals surface area (Å²) in [4.78, 5) is 23.9. The molecule has 104 valence electrons. The van der Waals surface area contributed by atoms with E-state index in [1.165, 1.54) is 17.0 Å². The van der Waals surface area contributed by atoms with Gasteiger partial charge in [-0.3, -0.25) is 14.9 Å². The number of ether oxygens (including phenoxy) is 1. The van der Waals surface area contributed by atoms with Crippen molar-refractivity contribution in [3.8, 4) is 6.07 Å². The Morgan fingerprint density at radius 1 is 1.60 bits per heavy atom. The molecular weight excluding hydrogens is 286 g/mol. The van der Waals surface area contributed by atoms with Gasteiger partial charge in [0.25, 0.3) is 11.6 Å². The summed E-state index contributed by atoms with van der Waals surface area (Å²) in [6.07, 6.45) is -0.690. The quantitative estimate of drug-likeness (QED) is 0.610. The molecule has 0 bridgehead atoms. The van der Waals surface area contributed by atoms with Crippen LogP contribution in [0.15, 0.2) is 18.2 Å². The molecule has 1 saturated heterocycles. The zero-order valence-electron chi connectivity index (χ0n) is 10.3. The summed E-state index contributed by atoms with van der Waals surface area (Å²) in [7, 11) is 0. The average Bonchev–Trinajstić information content (AvgIpc) is 2.46. The lowest BCUT2D eigenvalue weighted by Gasteiger charge is -2.29. The van der Waals surface area contributed by atoms with E-state index in [9.17, 15) is 14.9 Å². The van der Waals surface area contributed by atoms with Gasteiger partial charge in [-0.05, 0) is 6.07 Å². The van der Waals surface area contributed by atoms with Crippen molar-refractivity contribution >= 4 is 23.2 Å². The summed E-state index contributed by atoms with van der Waals surface area (Å²) >= 11 is 5.92. The number of nitro groups is 1. The first-order valence-corrected chi connectivity index (χ1v) is 6.15. The van der Waals surface area contributed by atoms with Crippen LogP contribution >= 0.6 is 11.6 Å². The third kappa shape index (κ3) is 2.87. The number of benzene rings is 1. The number of hydrogen-bond donors (Lipinski definition) is 0. The van der Waals surface area contributed by atoms with Crippen LogP contribution in [0.5, 0.6) is 0 Å². The lowest BCUT2D eigenvalue weighted by Crippen LogP contribution is -2.45. The minimum Gasteiger partial charge on any atom is -0.360 e. The highest BCUT2D eigenvalue weighted by atomic mass is 35.5. The van der Waals surface area contributed by atoms with Crippen LogP contribution < -0.4 is 0 Å².